The summed E-state index contributed by atoms with van der Waals surface area (Å²) in [4.78, 5) is 46.1. The average Bonchev–Trinajstić information content (AvgIpc) is 2.95. The highest BCUT2D eigenvalue weighted by Crippen LogP contribution is 2.23. The number of carbonyl (C=O) groups is 3. The van der Waals surface area contributed by atoms with Crippen molar-refractivity contribution >= 4 is 41.1 Å². The zero-order valence-electron chi connectivity index (χ0n) is 14.5. The van der Waals surface area contributed by atoms with Crippen LogP contribution in [-0.2, 0) is 0 Å². The lowest BCUT2D eigenvalue weighted by Crippen LogP contribution is -2.19. The molecule has 0 radical (unpaired) electrons. The van der Waals surface area contributed by atoms with Crippen molar-refractivity contribution in [3.8, 4) is 6.01 Å². The van der Waals surface area contributed by atoms with E-state index in [0.29, 0.717) is 11.4 Å². The molecule has 1 aliphatic rings. The van der Waals surface area contributed by atoms with Gasteiger partial charge in [0.05, 0.1) is 16.7 Å². The number of rotatable bonds is 5. The number of nitrogens with one attached hydrogen (secondary N) is 3. The summed E-state index contributed by atoms with van der Waals surface area (Å²) in [6, 6.07) is 9.89. The lowest BCUT2D eigenvalue weighted by molar-refractivity contribution is 0.0696. The Balaban J connectivity index is 1.59. The van der Waals surface area contributed by atoms with Gasteiger partial charge >= 0.3 is 12.0 Å². The molecule has 0 unspecified atom stereocenters. The van der Waals surface area contributed by atoms with Gasteiger partial charge < -0.3 is 20.8 Å². The molecule has 11 heteroatoms. The van der Waals surface area contributed by atoms with Crippen LogP contribution in [0.3, 0.4) is 0 Å². The Morgan fingerprint density at radius 2 is 1.52 bits per heavy atom. The molecule has 2 heterocycles. The molecule has 29 heavy (non-hydrogen) atoms. The maximum absolute atomic E-state index is 11.8. The number of nitrogens with zero attached hydrogens (tertiary/aromatic N) is 3. The minimum Gasteiger partial charge on any atom is -0.479 e. The molecule has 2 aromatic carbocycles. The minimum atomic E-state index is -1.09. The summed E-state index contributed by atoms with van der Waals surface area (Å²) in [6.07, 6.45) is 0. The second kappa shape index (κ2) is 6.88. The first-order valence-electron chi connectivity index (χ1n) is 8.21. The summed E-state index contributed by atoms with van der Waals surface area (Å²) in [5, 5.41) is 26.6. The number of carbonyl (C=O) groups excluding carboxylic acids is 2. The van der Waals surface area contributed by atoms with Crippen LogP contribution in [0.25, 0.3) is 0 Å². The molecule has 0 atom stereocenters. The predicted molar refractivity (Wildman–Crippen MR) is 99.7 cm³/mol. The molecule has 1 aliphatic heterocycles. The van der Waals surface area contributed by atoms with Gasteiger partial charge in [-0.05, 0) is 36.4 Å². The van der Waals surface area contributed by atoms with Gasteiger partial charge in [0.1, 0.15) is 0 Å². The average molecular weight is 392 g/mol. The normalized spacial score (nSPS) is 12.3. The highest BCUT2D eigenvalue weighted by Gasteiger charge is 2.26. The smallest absolute Gasteiger partial charge is 0.335 e. The van der Waals surface area contributed by atoms with Gasteiger partial charge in [0, 0.05) is 11.4 Å². The van der Waals surface area contributed by atoms with Crippen molar-refractivity contribution in [3.63, 3.8) is 0 Å². The number of aromatic hydroxyl groups is 1. The van der Waals surface area contributed by atoms with E-state index in [4.69, 9.17) is 5.11 Å². The molecule has 5 N–H and O–H groups in total. The number of imide groups is 1. The number of aromatic nitrogens is 3. The number of carboxylic acid groups (broad SMARTS) is 1. The van der Waals surface area contributed by atoms with Gasteiger partial charge in [-0.1, -0.05) is 6.07 Å². The third-order valence-electron chi connectivity index (χ3n) is 3.98. The van der Waals surface area contributed by atoms with Crippen LogP contribution >= 0.6 is 0 Å². The van der Waals surface area contributed by atoms with E-state index in [2.05, 4.69) is 30.9 Å². The largest absolute Gasteiger partial charge is 0.479 e. The van der Waals surface area contributed by atoms with Crippen molar-refractivity contribution in [1.29, 1.82) is 0 Å². The van der Waals surface area contributed by atoms with Gasteiger partial charge in [0.2, 0.25) is 11.9 Å². The van der Waals surface area contributed by atoms with Crippen LogP contribution in [-0.4, -0.2) is 42.9 Å². The fraction of sp³-hybridized carbons (Fsp3) is 0. The minimum absolute atomic E-state index is 0.0286. The first kappa shape index (κ1) is 17.9. The summed E-state index contributed by atoms with van der Waals surface area (Å²) in [5.74, 6) is -2.12. The van der Waals surface area contributed by atoms with Gasteiger partial charge in [0.15, 0.2) is 0 Å². The standard InChI is InChI=1S/C18H12N6O5/c25-13-11-5-4-10(7-12(11)14(26)21-13)20-17-22-16(23-18(29)24-17)19-9-3-1-2-8(6-9)15(27)28/h1-7H,(H,27,28)(H,21,25,26)(H3,19,20,22,23,24,29). The fourth-order valence-corrected chi connectivity index (χ4v) is 2.71. The molecule has 0 saturated carbocycles. The summed E-state index contributed by atoms with van der Waals surface area (Å²) >= 11 is 0. The van der Waals surface area contributed by atoms with Crippen molar-refractivity contribution in [3.05, 3.63) is 59.2 Å². The molecular weight excluding hydrogens is 380 g/mol. The topological polar surface area (TPSA) is 166 Å². The third-order valence-corrected chi connectivity index (χ3v) is 3.98. The summed E-state index contributed by atoms with van der Waals surface area (Å²) in [7, 11) is 0. The molecule has 0 saturated heterocycles. The Labute approximate surface area is 162 Å². The summed E-state index contributed by atoms with van der Waals surface area (Å²) in [6.45, 7) is 0. The fourth-order valence-electron chi connectivity index (χ4n) is 2.71. The lowest BCUT2D eigenvalue weighted by atomic mass is 10.1. The SMILES string of the molecule is O=C(O)c1cccc(Nc2nc(O)nc(Nc3ccc4c(c3)C(=O)NC4=O)n2)c1. The zero-order chi connectivity index (χ0) is 20.5. The van der Waals surface area contributed by atoms with Crippen LogP contribution in [0.1, 0.15) is 31.1 Å². The van der Waals surface area contributed by atoms with Gasteiger partial charge in [0.25, 0.3) is 11.8 Å². The van der Waals surface area contributed by atoms with Crippen LogP contribution in [0.4, 0.5) is 23.3 Å². The lowest BCUT2D eigenvalue weighted by Gasteiger charge is -2.09. The molecule has 2 amide bonds. The van der Waals surface area contributed by atoms with E-state index in [1.807, 2.05) is 0 Å². The number of amides is 2. The molecule has 0 fully saturated rings. The maximum atomic E-state index is 11.8. The Morgan fingerprint density at radius 3 is 2.21 bits per heavy atom. The molecule has 3 aromatic rings. The van der Waals surface area contributed by atoms with E-state index in [1.165, 1.54) is 24.3 Å². The monoisotopic (exact) mass is 392 g/mol. The van der Waals surface area contributed by atoms with Crippen molar-refractivity contribution in [2.45, 2.75) is 0 Å². The Morgan fingerprint density at radius 1 is 0.862 bits per heavy atom. The van der Waals surface area contributed by atoms with E-state index < -0.39 is 23.8 Å². The van der Waals surface area contributed by atoms with E-state index in [9.17, 15) is 19.5 Å². The Kier molecular flexibility index (Phi) is 4.24. The molecule has 0 aliphatic carbocycles. The predicted octanol–water partition coefficient (Wildman–Crippen LogP) is 1.65. The van der Waals surface area contributed by atoms with E-state index in [-0.39, 0.29) is 28.6 Å². The number of hydrogen-bond acceptors (Lipinski definition) is 9. The highest BCUT2D eigenvalue weighted by molar-refractivity contribution is 6.21. The third kappa shape index (κ3) is 3.64. The highest BCUT2D eigenvalue weighted by atomic mass is 16.4. The quantitative estimate of drug-likeness (QED) is 0.403. The second-order valence-electron chi connectivity index (χ2n) is 5.96. The van der Waals surface area contributed by atoms with Crippen LogP contribution < -0.4 is 16.0 Å². The van der Waals surface area contributed by atoms with Gasteiger partial charge in [-0.3, -0.25) is 14.9 Å². The molecule has 4 rings (SSSR count). The number of fused-ring (bicyclic) bond motifs is 1. The Hall–Kier alpha value is -4.54. The van der Waals surface area contributed by atoms with E-state index >= 15 is 0 Å². The maximum Gasteiger partial charge on any atom is 0.335 e. The summed E-state index contributed by atoms with van der Waals surface area (Å²) in [5.41, 5.74) is 1.35. The number of hydrogen-bond donors (Lipinski definition) is 5. The first-order chi connectivity index (χ1) is 13.9. The van der Waals surface area contributed by atoms with Crippen molar-refractivity contribution in [1.82, 2.24) is 20.3 Å². The van der Waals surface area contributed by atoms with E-state index in [1.54, 1.807) is 18.2 Å². The van der Waals surface area contributed by atoms with Crippen LogP contribution in [0.15, 0.2) is 42.5 Å². The molecule has 0 bridgehead atoms. The molecular formula is C18H12N6O5. The molecule has 11 nitrogen and oxygen atoms in total. The molecule has 0 spiro atoms. The van der Waals surface area contributed by atoms with Crippen molar-refractivity contribution in [2.24, 2.45) is 0 Å². The molecule has 1 aromatic heterocycles. The van der Waals surface area contributed by atoms with Gasteiger partial charge in [-0.25, -0.2) is 4.79 Å². The first-order valence-corrected chi connectivity index (χ1v) is 8.21. The summed E-state index contributed by atoms with van der Waals surface area (Å²) < 4.78 is 0. The zero-order valence-corrected chi connectivity index (χ0v) is 14.5. The van der Waals surface area contributed by atoms with Crippen molar-refractivity contribution in [2.75, 3.05) is 10.6 Å². The number of carboxylic acids is 1. The second-order valence-corrected chi connectivity index (χ2v) is 5.96. The van der Waals surface area contributed by atoms with Crippen molar-refractivity contribution < 1.29 is 24.6 Å². The number of anilines is 4. The Bertz CT molecular complexity index is 1180. The molecule has 144 valence electrons. The van der Waals surface area contributed by atoms with Crippen LogP contribution in [0.5, 0.6) is 6.01 Å². The number of aromatic carboxylic acids is 1. The van der Waals surface area contributed by atoms with Gasteiger partial charge in [-0.15, -0.1) is 0 Å². The number of benzene rings is 2. The van der Waals surface area contributed by atoms with Crippen LogP contribution in [0.2, 0.25) is 0 Å². The van der Waals surface area contributed by atoms with E-state index in [0.717, 1.165) is 0 Å². The van der Waals surface area contributed by atoms with Gasteiger partial charge in [-0.2, -0.15) is 15.0 Å². The van der Waals surface area contributed by atoms with Crippen LogP contribution in [0, 0.1) is 0 Å².